The second-order valence-electron chi connectivity index (χ2n) is 6.99. The zero-order valence-electron chi connectivity index (χ0n) is 15.6. The number of carbonyl (C=O) groups is 1. The normalized spacial score (nSPS) is 12.6. The summed E-state index contributed by atoms with van der Waals surface area (Å²) in [7, 11) is 0. The van der Waals surface area contributed by atoms with Crippen molar-refractivity contribution in [2.24, 2.45) is 5.73 Å². The molecule has 142 valence electrons. The Labute approximate surface area is 164 Å². The van der Waals surface area contributed by atoms with Crippen LogP contribution in [0.1, 0.15) is 28.0 Å². The van der Waals surface area contributed by atoms with Crippen molar-refractivity contribution in [3.63, 3.8) is 0 Å². The van der Waals surface area contributed by atoms with Crippen molar-refractivity contribution in [2.75, 3.05) is 13.1 Å². The maximum absolute atomic E-state index is 12.7. The number of aryl methyl sites for hydroxylation is 1. The van der Waals surface area contributed by atoms with Crippen molar-refractivity contribution >= 4 is 5.91 Å². The van der Waals surface area contributed by atoms with Gasteiger partial charge in [-0.1, -0.05) is 36.4 Å². The Kier molecular flexibility index (Phi) is 5.08. The van der Waals surface area contributed by atoms with Gasteiger partial charge in [-0.3, -0.25) is 4.79 Å². The number of carbonyl (C=O) groups excluding carboxylic acids is 1. The summed E-state index contributed by atoms with van der Waals surface area (Å²) in [6.07, 6.45) is 2.86. The van der Waals surface area contributed by atoms with E-state index in [4.69, 9.17) is 10.7 Å². The van der Waals surface area contributed by atoms with Crippen LogP contribution in [-0.2, 0) is 12.8 Å². The molecule has 5 nitrogen and oxygen atoms in total. The molecule has 0 saturated heterocycles. The number of nitrogens with two attached hydrogens (primary N) is 1. The number of nitrogens with one attached hydrogen (secondary N) is 1. The van der Waals surface area contributed by atoms with Gasteiger partial charge in [0.25, 0.3) is 5.91 Å². The van der Waals surface area contributed by atoms with E-state index in [1.54, 1.807) is 18.2 Å². The van der Waals surface area contributed by atoms with Crippen LogP contribution in [-0.4, -0.2) is 29.1 Å². The van der Waals surface area contributed by atoms with Gasteiger partial charge >= 0.3 is 0 Å². The van der Waals surface area contributed by atoms with Crippen molar-refractivity contribution in [1.29, 1.82) is 0 Å². The summed E-state index contributed by atoms with van der Waals surface area (Å²) in [6.45, 7) is 0.772. The van der Waals surface area contributed by atoms with E-state index in [0.29, 0.717) is 18.8 Å². The van der Waals surface area contributed by atoms with Crippen molar-refractivity contribution in [2.45, 2.75) is 19.3 Å². The minimum absolute atomic E-state index is 0.181. The molecule has 1 heterocycles. The zero-order valence-corrected chi connectivity index (χ0v) is 15.6. The molecule has 5 heteroatoms. The van der Waals surface area contributed by atoms with E-state index in [1.165, 1.54) is 5.56 Å². The molecule has 0 unspecified atom stereocenters. The number of hydrogen-bond donors (Lipinski definition) is 3. The fourth-order valence-corrected chi connectivity index (χ4v) is 3.81. The SMILES string of the molecule is NCCNC(=O)c1cc2c(c(-c3cccc(O)c3)n1)CCCc1ccccc1-2. The zero-order chi connectivity index (χ0) is 19.5. The first-order chi connectivity index (χ1) is 13.7. The number of nitrogens with zero attached hydrogens (tertiary/aromatic N) is 1. The molecule has 0 fully saturated rings. The summed E-state index contributed by atoms with van der Waals surface area (Å²) in [5, 5.41) is 12.8. The third-order valence-electron chi connectivity index (χ3n) is 5.09. The Balaban J connectivity index is 1.95. The highest BCUT2D eigenvalue weighted by Gasteiger charge is 2.22. The molecule has 0 radical (unpaired) electrons. The molecule has 1 aromatic heterocycles. The molecule has 0 saturated carbocycles. The van der Waals surface area contributed by atoms with Crippen molar-refractivity contribution in [3.8, 4) is 28.1 Å². The van der Waals surface area contributed by atoms with Gasteiger partial charge in [-0.05, 0) is 59.7 Å². The summed E-state index contributed by atoms with van der Waals surface area (Å²) in [6, 6.07) is 17.3. The summed E-state index contributed by atoms with van der Waals surface area (Å²) in [5.41, 5.74) is 12.0. The molecule has 0 atom stereocenters. The van der Waals surface area contributed by atoms with Gasteiger partial charge < -0.3 is 16.2 Å². The third-order valence-corrected chi connectivity index (χ3v) is 5.09. The molecule has 0 spiro atoms. The monoisotopic (exact) mass is 373 g/mol. The highest BCUT2D eigenvalue weighted by Crippen LogP contribution is 2.38. The van der Waals surface area contributed by atoms with Crippen LogP contribution in [0.4, 0.5) is 0 Å². The number of fused-ring (bicyclic) bond motifs is 3. The van der Waals surface area contributed by atoms with Crippen LogP contribution < -0.4 is 11.1 Å². The van der Waals surface area contributed by atoms with Crippen LogP contribution in [0.3, 0.4) is 0 Å². The van der Waals surface area contributed by atoms with Gasteiger partial charge in [0.2, 0.25) is 0 Å². The second-order valence-corrected chi connectivity index (χ2v) is 6.99. The first-order valence-corrected chi connectivity index (χ1v) is 9.57. The molecule has 4 rings (SSSR count). The topological polar surface area (TPSA) is 88.2 Å². The van der Waals surface area contributed by atoms with Gasteiger partial charge in [0.1, 0.15) is 11.4 Å². The van der Waals surface area contributed by atoms with Crippen molar-refractivity contribution in [1.82, 2.24) is 10.3 Å². The quantitative estimate of drug-likeness (QED) is 0.655. The van der Waals surface area contributed by atoms with Crippen molar-refractivity contribution < 1.29 is 9.90 Å². The number of aromatic hydroxyl groups is 1. The lowest BCUT2D eigenvalue weighted by molar-refractivity contribution is 0.0950. The molecule has 1 aliphatic rings. The van der Waals surface area contributed by atoms with Gasteiger partial charge in [-0.2, -0.15) is 0 Å². The number of amides is 1. The molecule has 3 aromatic rings. The van der Waals surface area contributed by atoms with Gasteiger partial charge in [-0.15, -0.1) is 0 Å². The standard InChI is InChI=1S/C23H23N3O2/c24-11-12-25-23(28)21-14-20-18-9-2-1-5-15(18)6-4-10-19(20)22(26-21)16-7-3-8-17(27)13-16/h1-3,5,7-9,13-14,27H,4,6,10-12,24H2,(H,25,28). The van der Waals surface area contributed by atoms with Crippen LogP contribution in [0.5, 0.6) is 5.75 Å². The van der Waals surface area contributed by atoms with E-state index in [1.807, 2.05) is 18.2 Å². The molecule has 1 aliphatic carbocycles. The van der Waals surface area contributed by atoms with E-state index in [9.17, 15) is 9.90 Å². The number of pyridine rings is 1. The maximum atomic E-state index is 12.7. The van der Waals surface area contributed by atoms with E-state index in [2.05, 4.69) is 23.5 Å². The fraction of sp³-hybridized carbons (Fsp3) is 0.217. The largest absolute Gasteiger partial charge is 0.508 e. The number of rotatable bonds is 4. The van der Waals surface area contributed by atoms with Crippen LogP contribution >= 0.6 is 0 Å². The Bertz CT molecular complexity index is 1030. The summed E-state index contributed by atoms with van der Waals surface area (Å²) in [4.78, 5) is 17.4. The van der Waals surface area contributed by atoms with E-state index < -0.39 is 0 Å². The van der Waals surface area contributed by atoms with E-state index in [0.717, 1.165) is 47.2 Å². The minimum Gasteiger partial charge on any atom is -0.508 e. The number of aromatic nitrogens is 1. The average molecular weight is 373 g/mol. The second kappa shape index (κ2) is 7.82. The molecular formula is C23H23N3O2. The molecule has 28 heavy (non-hydrogen) atoms. The summed E-state index contributed by atoms with van der Waals surface area (Å²) >= 11 is 0. The smallest absolute Gasteiger partial charge is 0.269 e. The van der Waals surface area contributed by atoms with Gasteiger partial charge in [-0.25, -0.2) is 4.98 Å². The first kappa shape index (κ1) is 18.2. The Morgan fingerprint density at radius 2 is 1.93 bits per heavy atom. The number of phenolic OH excluding ortho intramolecular Hbond substituents is 1. The fourth-order valence-electron chi connectivity index (χ4n) is 3.81. The lowest BCUT2D eigenvalue weighted by atomic mass is 9.93. The van der Waals surface area contributed by atoms with Crippen LogP contribution in [0.15, 0.2) is 54.6 Å². The van der Waals surface area contributed by atoms with E-state index >= 15 is 0 Å². The number of benzene rings is 2. The Morgan fingerprint density at radius 3 is 2.75 bits per heavy atom. The van der Waals surface area contributed by atoms with Crippen LogP contribution in [0.25, 0.3) is 22.4 Å². The lowest BCUT2D eigenvalue weighted by Crippen LogP contribution is -2.29. The summed E-state index contributed by atoms with van der Waals surface area (Å²) < 4.78 is 0. The number of hydrogen-bond acceptors (Lipinski definition) is 4. The predicted octanol–water partition coefficient (Wildman–Crippen LogP) is 3.30. The van der Waals surface area contributed by atoms with E-state index in [-0.39, 0.29) is 11.7 Å². The van der Waals surface area contributed by atoms with Crippen LogP contribution in [0, 0.1) is 0 Å². The van der Waals surface area contributed by atoms with Crippen molar-refractivity contribution in [3.05, 3.63) is 71.4 Å². The predicted molar refractivity (Wildman–Crippen MR) is 110 cm³/mol. The first-order valence-electron chi connectivity index (χ1n) is 9.57. The minimum atomic E-state index is -0.239. The highest BCUT2D eigenvalue weighted by molar-refractivity contribution is 5.95. The molecular weight excluding hydrogens is 350 g/mol. The number of phenols is 1. The summed E-state index contributed by atoms with van der Waals surface area (Å²) in [5.74, 6) is -0.0589. The maximum Gasteiger partial charge on any atom is 0.269 e. The Hall–Kier alpha value is -3.18. The molecule has 2 aromatic carbocycles. The highest BCUT2D eigenvalue weighted by atomic mass is 16.3. The average Bonchev–Trinajstić information content (AvgIpc) is 2.90. The van der Waals surface area contributed by atoms with Gasteiger partial charge in [0.05, 0.1) is 5.69 Å². The molecule has 1 amide bonds. The van der Waals surface area contributed by atoms with Gasteiger partial charge in [0.15, 0.2) is 0 Å². The lowest BCUT2D eigenvalue weighted by Gasteiger charge is -2.16. The molecule has 0 aliphatic heterocycles. The molecule has 0 bridgehead atoms. The van der Waals surface area contributed by atoms with Crippen LogP contribution in [0.2, 0.25) is 0 Å². The Morgan fingerprint density at radius 1 is 1.07 bits per heavy atom. The molecule has 4 N–H and O–H groups in total. The van der Waals surface area contributed by atoms with Gasteiger partial charge in [0, 0.05) is 18.7 Å². The third kappa shape index (κ3) is 3.49.